The number of aryl methyl sites for hydroxylation is 1. The maximum absolute atomic E-state index is 12.6. The van der Waals surface area contributed by atoms with E-state index in [1.54, 1.807) is 12.1 Å². The van der Waals surface area contributed by atoms with Crippen molar-refractivity contribution in [2.75, 3.05) is 5.32 Å². The minimum Gasteiger partial charge on any atom is -0.436 e. The number of fused-ring (bicyclic) bond motifs is 1. The molecule has 0 aliphatic rings. The predicted molar refractivity (Wildman–Crippen MR) is 120 cm³/mol. The lowest BCUT2D eigenvalue weighted by Gasteiger charge is -2.10. The van der Waals surface area contributed by atoms with Crippen molar-refractivity contribution in [1.82, 2.24) is 4.98 Å². The van der Waals surface area contributed by atoms with Gasteiger partial charge in [-0.25, -0.2) is 4.98 Å². The third-order valence-electron chi connectivity index (χ3n) is 4.92. The first-order chi connectivity index (χ1) is 13.9. The highest BCUT2D eigenvalue weighted by Crippen LogP contribution is 2.29. The summed E-state index contributed by atoms with van der Waals surface area (Å²) in [5.74, 6) is 0.816. The van der Waals surface area contributed by atoms with Crippen molar-refractivity contribution < 1.29 is 9.21 Å². The summed E-state index contributed by atoms with van der Waals surface area (Å²) in [7, 11) is 0. The van der Waals surface area contributed by atoms with Crippen LogP contribution >= 0.6 is 15.9 Å². The van der Waals surface area contributed by atoms with Crippen molar-refractivity contribution in [3.05, 3.63) is 81.8 Å². The minimum absolute atomic E-state index is 0.156. The smallest absolute Gasteiger partial charge is 0.255 e. The number of nitrogens with one attached hydrogen (secondary N) is 1. The summed E-state index contributed by atoms with van der Waals surface area (Å²) in [6.45, 7) is 6.27. The van der Waals surface area contributed by atoms with E-state index in [9.17, 15) is 4.79 Å². The molecule has 4 rings (SSSR count). The predicted octanol–water partition coefficient (Wildman–Crippen LogP) is 6.94. The highest BCUT2D eigenvalue weighted by Gasteiger charge is 2.13. The van der Waals surface area contributed by atoms with Gasteiger partial charge in [-0.15, -0.1) is 0 Å². The molecule has 146 valence electrons. The van der Waals surface area contributed by atoms with E-state index in [0.29, 0.717) is 17.4 Å². The van der Waals surface area contributed by atoms with Gasteiger partial charge in [0, 0.05) is 21.3 Å². The molecule has 0 unspecified atom stereocenters. The molecule has 1 heterocycles. The summed E-state index contributed by atoms with van der Waals surface area (Å²) >= 11 is 3.39. The molecule has 3 aromatic carbocycles. The van der Waals surface area contributed by atoms with Crippen LogP contribution in [0.25, 0.3) is 22.6 Å². The zero-order valence-electron chi connectivity index (χ0n) is 16.5. The van der Waals surface area contributed by atoms with Gasteiger partial charge >= 0.3 is 0 Å². The molecule has 0 saturated heterocycles. The van der Waals surface area contributed by atoms with E-state index in [1.165, 1.54) is 5.56 Å². The molecule has 29 heavy (non-hydrogen) atoms. The Balaban J connectivity index is 1.65. The van der Waals surface area contributed by atoms with Gasteiger partial charge in [-0.2, -0.15) is 0 Å². The van der Waals surface area contributed by atoms with Gasteiger partial charge in [0.25, 0.3) is 5.91 Å². The molecule has 5 heteroatoms. The Morgan fingerprint density at radius 1 is 1.03 bits per heavy atom. The second-order valence-corrected chi connectivity index (χ2v) is 8.31. The lowest BCUT2D eigenvalue weighted by atomic mass is 10.0. The van der Waals surface area contributed by atoms with Crippen molar-refractivity contribution in [2.24, 2.45) is 0 Å². The Labute approximate surface area is 178 Å². The second kappa shape index (κ2) is 7.84. The largest absolute Gasteiger partial charge is 0.436 e. The van der Waals surface area contributed by atoms with Crippen molar-refractivity contribution in [3.63, 3.8) is 0 Å². The number of carbonyl (C=O) groups excluding carboxylic acids is 1. The fraction of sp³-hybridized carbons (Fsp3) is 0.167. The van der Waals surface area contributed by atoms with Gasteiger partial charge in [0.1, 0.15) is 5.52 Å². The van der Waals surface area contributed by atoms with Crippen LogP contribution in [0.3, 0.4) is 0 Å². The number of oxazole rings is 1. The molecule has 0 saturated carbocycles. The molecule has 0 aliphatic carbocycles. The van der Waals surface area contributed by atoms with Crippen LogP contribution in [0.2, 0.25) is 0 Å². The quantitative estimate of drug-likeness (QED) is 0.367. The maximum Gasteiger partial charge on any atom is 0.255 e. The first-order valence-electron chi connectivity index (χ1n) is 9.49. The summed E-state index contributed by atoms with van der Waals surface area (Å²) in [5, 5.41) is 2.99. The second-order valence-electron chi connectivity index (χ2n) is 7.39. The lowest BCUT2D eigenvalue weighted by molar-refractivity contribution is 0.102. The molecule has 4 nitrogen and oxygen atoms in total. The van der Waals surface area contributed by atoms with Crippen LogP contribution in [0.4, 0.5) is 5.69 Å². The molecule has 1 N–H and O–H groups in total. The zero-order valence-corrected chi connectivity index (χ0v) is 18.1. The lowest BCUT2D eigenvalue weighted by Crippen LogP contribution is -2.12. The molecule has 0 aliphatic heterocycles. The Bertz CT molecular complexity index is 1190. The van der Waals surface area contributed by atoms with Crippen molar-refractivity contribution in [1.29, 1.82) is 0 Å². The number of carbonyl (C=O) groups is 1. The van der Waals surface area contributed by atoms with Gasteiger partial charge in [0.15, 0.2) is 5.58 Å². The monoisotopic (exact) mass is 448 g/mol. The van der Waals surface area contributed by atoms with E-state index >= 15 is 0 Å². The summed E-state index contributed by atoms with van der Waals surface area (Å²) in [4.78, 5) is 17.3. The van der Waals surface area contributed by atoms with E-state index in [0.717, 1.165) is 32.4 Å². The van der Waals surface area contributed by atoms with Gasteiger partial charge in [-0.1, -0.05) is 41.9 Å². The average molecular weight is 449 g/mol. The Morgan fingerprint density at radius 3 is 2.52 bits per heavy atom. The standard InChI is InChI=1S/C24H21BrN2O2/c1-14(2)17-8-11-22-21(12-17)27-24(29-22)18-5-4-15(3)20(13-18)26-23(28)16-6-9-19(25)10-7-16/h4-14H,1-3H3,(H,26,28). The molecule has 1 aromatic heterocycles. The van der Waals surface area contributed by atoms with E-state index in [-0.39, 0.29) is 5.91 Å². The molecule has 0 atom stereocenters. The SMILES string of the molecule is Cc1ccc(-c2nc3cc(C(C)C)ccc3o2)cc1NC(=O)c1ccc(Br)cc1. The number of anilines is 1. The van der Waals surface area contributed by atoms with Crippen LogP contribution in [0.15, 0.2) is 69.6 Å². The van der Waals surface area contributed by atoms with E-state index in [2.05, 4.69) is 52.2 Å². The highest BCUT2D eigenvalue weighted by atomic mass is 79.9. The van der Waals surface area contributed by atoms with Gasteiger partial charge < -0.3 is 9.73 Å². The van der Waals surface area contributed by atoms with Gasteiger partial charge in [0.2, 0.25) is 5.89 Å². The fourth-order valence-electron chi connectivity index (χ4n) is 3.11. The highest BCUT2D eigenvalue weighted by molar-refractivity contribution is 9.10. The average Bonchev–Trinajstić information content (AvgIpc) is 3.13. The number of hydrogen-bond donors (Lipinski definition) is 1. The number of aromatic nitrogens is 1. The third-order valence-corrected chi connectivity index (χ3v) is 5.45. The number of nitrogens with zero attached hydrogens (tertiary/aromatic N) is 1. The maximum atomic E-state index is 12.6. The summed E-state index contributed by atoms with van der Waals surface area (Å²) < 4.78 is 6.89. The molecule has 4 aromatic rings. The first kappa shape index (κ1) is 19.4. The van der Waals surface area contributed by atoms with Gasteiger partial charge in [0.05, 0.1) is 0 Å². The minimum atomic E-state index is -0.156. The molecule has 0 radical (unpaired) electrons. The molecule has 0 bridgehead atoms. The van der Waals surface area contributed by atoms with Crippen molar-refractivity contribution >= 4 is 38.6 Å². The van der Waals surface area contributed by atoms with Crippen LogP contribution < -0.4 is 5.32 Å². The van der Waals surface area contributed by atoms with Gasteiger partial charge in [-0.3, -0.25) is 4.79 Å². The van der Waals surface area contributed by atoms with Crippen LogP contribution in [-0.2, 0) is 0 Å². The topological polar surface area (TPSA) is 55.1 Å². The van der Waals surface area contributed by atoms with Crippen LogP contribution in [0, 0.1) is 6.92 Å². The molecule has 0 spiro atoms. The van der Waals surface area contributed by atoms with Crippen LogP contribution in [0.1, 0.15) is 41.3 Å². The van der Waals surface area contributed by atoms with E-state index in [1.807, 2.05) is 43.3 Å². The summed E-state index contributed by atoms with van der Waals surface area (Å²) in [5.41, 5.74) is 5.95. The molecule has 0 fully saturated rings. The number of rotatable bonds is 4. The molecular formula is C24H21BrN2O2. The summed E-state index contributed by atoms with van der Waals surface area (Å²) in [6, 6.07) is 19.2. The van der Waals surface area contributed by atoms with Crippen molar-refractivity contribution in [2.45, 2.75) is 26.7 Å². The number of benzene rings is 3. The van der Waals surface area contributed by atoms with Crippen LogP contribution in [0.5, 0.6) is 0 Å². The molecular weight excluding hydrogens is 428 g/mol. The normalized spacial score (nSPS) is 11.2. The Hall–Kier alpha value is -2.92. The fourth-order valence-corrected chi connectivity index (χ4v) is 3.38. The summed E-state index contributed by atoms with van der Waals surface area (Å²) in [6.07, 6.45) is 0. The third kappa shape index (κ3) is 4.10. The zero-order chi connectivity index (χ0) is 20.5. The Kier molecular flexibility index (Phi) is 5.24. The number of halogens is 1. The van der Waals surface area contributed by atoms with E-state index in [4.69, 9.17) is 4.42 Å². The first-order valence-corrected chi connectivity index (χ1v) is 10.3. The van der Waals surface area contributed by atoms with Gasteiger partial charge in [-0.05, 0) is 72.5 Å². The number of amides is 1. The number of hydrogen-bond acceptors (Lipinski definition) is 3. The van der Waals surface area contributed by atoms with E-state index < -0.39 is 0 Å². The van der Waals surface area contributed by atoms with Crippen LogP contribution in [-0.4, -0.2) is 10.9 Å². The Morgan fingerprint density at radius 2 is 1.79 bits per heavy atom. The van der Waals surface area contributed by atoms with Crippen molar-refractivity contribution in [3.8, 4) is 11.5 Å². The molecule has 1 amide bonds.